The third kappa shape index (κ3) is 6.47. The van der Waals surface area contributed by atoms with Gasteiger partial charge in [-0.2, -0.15) is 0 Å². The van der Waals surface area contributed by atoms with Gasteiger partial charge in [0, 0.05) is 12.8 Å². The van der Waals surface area contributed by atoms with Crippen LogP contribution in [0.5, 0.6) is 0 Å². The first-order valence-corrected chi connectivity index (χ1v) is 10.00. The van der Waals surface area contributed by atoms with Crippen molar-refractivity contribution in [2.45, 2.75) is 38.1 Å². The van der Waals surface area contributed by atoms with Gasteiger partial charge in [0.25, 0.3) is 5.91 Å². The number of hydrogen-bond acceptors (Lipinski definition) is 6. The highest BCUT2D eigenvalue weighted by molar-refractivity contribution is 7.90. The highest BCUT2D eigenvalue weighted by Crippen LogP contribution is 2.16. The molecule has 9 heteroatoms. The van der Waals surface area contributed by atoms with E-state index in [1.54, 1.807) is 6.92 Å². The first-order valence-electron chi connectivity index (χ1n) is 8.11. The fraction of sp³-hybridized carbons (Fsp3) is 0.471. The summed E-state index contributed by atoms with van der Waals surface area (Å²) in [6.45, 7) is 4.98. The molecular formula is C17H24N2O6S. The smallest absolute Gasteiger partial charge is 0.338 e. The minimum atomic E-state index is -3.47. The average molecular weight is 384 g/mol. The van der Waals surface area contributed by atoms with Crippen LogP contribution in [0.1, 0.15) is 36.2 Å². The molecule has 0 heterocycles. The lowest BCUT2D eigenvalue weighted by Gasteiger charge is -2.14. The minimum Gasteiger partial charge on any atom is -0.452 e. The predicted octanol–water partition coefficient (Wildman–Crippen LogP) is 0.586. The topological polar surface area (TPSA) is 119 Å². The first kappa shape index (κ1) is 21.6. The second-order valence-corrected chi connectivity index (χ2v) is 7.92. The lowest BCUT2D eigenvalue weighted by atomic mass is 10.1. The first-order chi connectivity index (χ1) is 12.1. The number of benzene rings is 1. The maximum absolute atomic E-state index is 12.1. The number of aryl methyl sites for hydroxylation is 1. The second-order valence-electron chi connectivity index (χ2n) is 5.91. The van der Waals surface area contributed by atoms with Crippen molar-refractivity contribution in [3.63, 3.8) is 0 Å². The Kier molecular flexibility index (Phi) is 7.76. The monoisotopic (exact) mass is 384 g/mol. The Morgan fingerprint density at radius 2 is 1.88 bits per heavy atom. The van der Waals surface area contributed by atoms with Crippen molar-refractivity contribution in [3.05, 3.63) is 29.3 Å². The Morgan fingerprint density at radius 3 is 2.46 bits per heavy atom. The zero-order valence-corrected chi connectivity index (χ0v) is 16.1. The maximum Gasteiger partial charge on any atom is 0.338 e. The molecule has 2 N–H and O–H groups in total. The number of esters is 1. The van der Waals surface area contributed by atoms with Crippen molar-refractivity contribution in [1.29, 1.82) is 0 Å². The molecule has 0 aliphatic heterocycles. The largest absolute Gasteiger partial charge is 0.452 e. The van der Waals surface area contributed by atoms with E-state index >= 15 is 0 Å². The van der Waals surface area contributed by atoms with E-state index in [2.05, 4.69) is 10.6 Å². The fourth-order valence-electron chi connectivity index (χ4n) is 2.01. The van der Waals surface area contributed by atoms with E-state index in [0.717, 1.165) is 12.7 Å². The van der Waals surface area contributed by atoms with Crippen molar-refractivity contribution < 1.29 is 27.5 Å². The molecule has 0 radical (unpaired) electrons. The van der Waals surface area contributed by atoms with Crippen LogP contribution in [0, 0.1) is 6.92 Å². The van der Waals surface area contributed by atoms with Gasteiger partial charge in [-0.15, -0.1) is 0 Å². The van der Waals surface area contributed by atoms with E-state index in [4.69, 9.17) is 4.74 Å². The molecule has 0 spiro atoms. The molecule has 0 fully saturated rings. The van der Waals surface area contributed by atoms with E-state index < -0.39 is 34.4 Å². The van der Waals surface area contributed by atoms with Crippen LogP contribution in [-0.4, -0.2) is 51.7 Å². The molecule has 2 amide bonds. The van der Waals surface area contributed by atoms with Crippen LogP contribution < -0.4 is 10.6 Å². The van der Waals surface area contributed by atoms with E-state index in [0.29, 0.717) is 12.1 Å². The lowest BCUT2D eigenvalue weighted by Crippen LogP contribution is -2.46. The molecule has 1 aromatic carbocycles. The molecule has 0 bridgehead atoms. The Labute approximate surface area is 153 Å². The molecule has 0 unspecified atom stereocenters. The van der Waals surface area contributed by atoms with Crippen LogP contribution in [0.15, 0.2) is 23.1 Å². The molecule has 1 rings (SSSR count). The quantitative estimate of drug-likeness (QED) is 0.633. The highest BCUT2D eigenvalue weighted by Gasteiger charge is 2.19. The van der Waals surface area contributed by atoms with E-state index in [-0.39, 0.29) is 16.4 Å². The molecule has 1 atom stereocenters. The van der Waals surface area contributed by atoms with Gasteiger partial charge in [-0.1, -0.05) is 13.0 Å². The third-order valence-corrected chi connectivity index (χ3v) is 4.62. The van der Waals surface area contributed by atoms with E-state index in [1.807, 2.05) is 6.92 Å². The number of carbonyl (C=O) groups excluding carboxylic acids is 3. The van der Waals surface area contributed by atoms with Crippen molar-refractivity contribution in [1.82, 2.24) is 10.6 Å². The zero-order valence-electron chi connectivity index (χ0n) is 15.3. The molecular weight excluding hydrogens is 360 g/mol. The van der Waals surface area contributed by atoms with Crippen LogP contribution in [0.3, 0.4) is 0 Å². The maximum atomic E-state index is 12.1. The Morgan fingerprint density at radius 1 is 1.23 bits per heavy atom. The molecule has 0 saturated heterocycles. The minimum absolute atomic E-state index is 0.0132. The van der Waals surface area contributed by atoms with Crippen LogP contribution in [-0.2, 0) is 24.2 Å². The number of ether oxygens (including phenoxy) is 1. The summed E-state index contributed by atoms with van der Waals surface area (Å²) in [6, 6.07) is 3.34. The normalized spacial score (nSPS) is 12.2. The third-order valence-electron chi connectivity index (χ3n) is 3.51. The van der Waals surface area contributed by atoms with Crippen LogP contribution in [0.25, 0.3) is 0 Å². The van der Waals surface area contributed by atoms with Crippen LogP contribution in [0.2, 0.25) is 0 Å². The number of hydrogen-bond donors (Lipinski definition) is 2. The summed E-state index contributed by atoms with van der Waals surface area (Å²) in [5.74, 6) is -1.77. The van der Waals surface area contributed by atoms with Crippen molar-refractivity contribution in [2.75, 3.05) is 19.4 Å². The van der Waals surface area contributed by atoms with Crippen LogP contribution in [0.4, 0.5) is 0 Å². The Hall–Kier alpha value is -2.42. The Bertz CT molecular complexity index is 788. The summed E-state index contributed by atoms with van der Waals surface area (Å²) in [6.07, 6.45) is 1.81. The van der Waals surface area contributed by atoms with Gasteiger partial charge in [0.05, 0.1) is 10.5 Å². The number of sulfone groups is 1. The second kappa shape index (κ2) is 9.33. The van der Waals surface area contributed by atoms with Gasteiger partial charge in [-0.3, -0.25) is 9.59 Å². The molecule has 1 aromatic rings. The van der Waals surface area contributed by atoms with E-state index in [9.17, 15) is 22.8 Å². The Balaban J connectivity index is 2.66. The summed E-state index contributed by atoms with van der Waals surface area (Å²) in [7, 11) is -3.47. The number of amides is 2. The standard InChI is InChI=1S/C17H24N2O6S/c1-5-8-18-16(21)12(3)19-15(20)10-25-17(22)14-9-13(26(4,23)24)7-6-11(14)2/h6-7,9,12H,5,8,10H2,1-4H3,(H,18,21)(H,19,20)/t12-/m0/s1. The summed E-state index contributed by atoms with van der Waals surface area (Å²) in [5.41, 5.74) is 0.588. The molecule has 8 nitrogen and oxygen atoms in total. The average Bonchev–Trinajstić information content (AvgIpc) is 2.56. The number of carbonyl (C=O) groups is 3. The SMILES string of the molecule is CCCNC(=O)[C@H](C)NC(=O)COC(=O)c1cc(S(C)(=O)=O)ccc1C. The van der Waals surface area contributed by atoms with E-state index in [1.165, 1.54) is 25.1 Å². The van der Waals surface area contributed by atoms with Gasteiger partial charge in [0.1, 0.15) is 6.04 Å². The van der Waals surface area contributed by atoms with Crippen molar-refractivity contribution in [3.8, 4) is 0 Å². The van der Waals surface area contributed by atoms with Crippen molar-refractivity contribution >= 4 is 27.6 Å². The van der Waals surface area contributed by atoms with Gasteiger partial charge in [0.2, 0.25) is 5.91 Å². The van der Waals surface area contributed by atoms with Crippen molar-refractivity contribution in [2.24, 2.45) is 0 Å². The number of nitrogens with one attached hydrogen (secondary N) is 2. The fourth-order valence-corrected chi connectivity index (χ4v) is 2.66. The summed E-state index contributed by atoms with van der Waals surface area (Å²) in [4.78, 5) is 35.6. The van der Waals surface area contributed by atoms with Gasteiger partial charge >= 0.3 is 5.97 Å². The molecule has 0 aliphatic rings. The predicted molar refractivity (Wildman–Crippen MR) is 95.5 cm³/mol. The number of rotatable bonds is 8. The molecule has 144 valence electrons. The zero-order chi connectivity index (χ0) is 19.9. The molecule has 0 aromatic heterocycles. The molecule has 0 aliphatic carbocycles. The van der Waals surface area contributed by atoms with Gasteiger partial charge in [-0.05, 0) is 38.0 Å². The summed E-state index contributed by atoms with van der Waals surface area (Å²) < 4.78 is 28.1. The lowest BCUT2D eigenvalue weighted by molar-refractivity contribution is -0.130. The highest BCUT2D eigenvalue weighted by atomic mass is 32.2. The van der Waals surface area contributed by atoms with Crippen LogP contribution >= 0.6 is 0 Å². The summed E-state index contributed by atoms with van der Waals surface area (Å²) in [5, 5.41) is 5.06. The van der Waals surface area contributed by atoms with Gasteiger partial charge in [-0.25, -0.2) is 13.2 Å². The van der Waals surface area contributed by atoms with Gasteiger partial charge in [0.15, 0.2) is 16.4 Å². The van der Waals surface area contributed by atoms with Gasteiger partial charge < -0.3 is 15.4 Å². The molecule has 26 heavy (non-hydrogen) atoms. The molecule has 0 saturated carbocycles. The summed E-state index contributed by atoms with van der Waals surface area (Å²) >= 11 is 0.